The number of aliphatic imine (C=N–C) groups is 1. The summed E-state index contributed by atoms with van der Waals surface area (Å²) in [4.78, 5) is 17.5. The molecule has 110 valence electrons. The fourth-order valence-electron chi connectivity index (χ4n) is 1.52. The highest BCUT2D eigenvalue weighted by molar-refractivity contribution is 5.93. The van der Waals surface area contributed by atoms with E-state index in [-0.39, 0.29) is 5.91 Å². The van der Waals surface area contributed by atoms with Crippen LogP contribution in [-0.4, -0.2) is 51.1 Å². The van der Waals surface area contributed by atoms with E-state index in [1.54, 1.807) is 38.2 Å². The monoisotopic (exact) mass is 278 g/mol. The SMILES string of the molecule is COCCNC(N)=NCc1ccc(C(=O)N(C)C)cc1. The number of carbonyl (C=O) groups excluding carboxylic acids is 1. The van der Waals surface area contributed by atoms with Gasteiger partial charge in [-0.05, 0) is 17.7 Å². The van der Waals surface area contributed by atoms with Crippen molar-refractivity contribution in [3.63, 3.8) is 0 Å². The standard InChI is InChI=1S/C14H22N4O2/c1-18(2)13(19)12-6-4-11(5-7-12)10-17-14(15)16-8-9-20-3/h4-7H,8-10H2,1-3H3,(H3,15,16,17). The number of ether oxygens (including phenoxy) is 1. The molecule has 0 fully saturated rings. The van der Waals surface area contributed by atoms with Crippen molar-refractivity contribution in [2.75, 3.05) is 34.4 Å². The second kappa shape index (κ2) is 8.16. The molecule has 0 spiro atoms. The number of nitrogens with one attached hydrogen (secondary N) is 1. The number of amides is 1. The molecule has 20 heavy (non-hydrogen) atoms. The average molecular weight is 278 g/mol. The van der Waals surface area contributed by atoms with Crippen LogP contribution in [0.4, 0.5) is 0 Å². The Kier molecular flexibility index (Phi) is 6.52. The Bertz CT molecular complexity index is 455. The molecular formula is C14H22N4O2. The van der Waals surface area contributed by atoms with Gasteiger partial charge >= 0.3 is 0 Å². The van der Waals surface area contributed by atoms with Gasteiger partial charge in [0, 0.05) is 33.3 Å². The summed E-state index contributed by atoms with van der Waals surface area (Å²) >= 11 is 0. The highest BCUT2D eigenvalue weighted by atomic mass is 16.5. The maximum absolute atomic E-state index is 11.7. The molecule has 1 aromatic rings. The number of nitrogens with two attached hydrogens (primary N) is 1. The van der Waals surface area contributed by atoms with Crippen molar-refractivity contribution in [3.05, 3.63) is 35.4 Å². The molecule has 0 aliphatic heterocycles. The lowest BCUT2D eigenvalue weighted by molar-refractivity contribution is 0.0827. The molecule has 0 aliphatic rings. The van der Waals surface area contributed by atoms with Crippen LogP contribution in [0.2, 0.25) is 0 Å². The molecule has 3 N–H and O–H groups in total. The Labute approximate surface area is 119 Å². The molecule has 0 heterocycles. The van der Waals surface area contributed by atoms with Crippen molar-refractivity contribution < 1.29 is 9.53 Å². The molecule has 0 radical (unpaired) electrons. The van der Waals surface area contributed by atoms with Gasteiger partial charge in [0.2, 0.25) is 0 Å². The molecule has 1 aromatic carbocycles. The largest absolute Gasteiger partial charge is 0.383 e. The van der Waals surface area contributed by atoms with Crippen LogP contribution in [0.5, 0.6) is 0 Å². The number of methoxy groups -OCH3 is 1. The van der Waals surface area contributed by atoms with Crippen molar-refractivity contribution in [3.8, 4) is 0 Å². The molecule has 0 aliphatic carbocycles. The highest BCUT2D eigenvalue weighted by Gasteiger charge is 2.06. The van der Waals surface area contributed by atoms with Crippen LogP contribution < -0.4 is 11.1 Å². The molecule has 6 heteroatoms. The summed E-state index contributed by atoms with van der Waals surface area (Å²) in [6.45, 7) is 1.68. The van der Waals surface area contributed by atoms with Crippen molar-refractivity contribution in [2.24, 2.45) is 10.7 Å². The van der Waals surface area contributed by atoms with E-state index in [0.717, 1.165) is 5.56 Å². The fraction of sp³-hybridized carbons (Fsp3) is 0.429. The molecule has 0 bridgehead atoms. The van der Waals surface area contributed by atoms with Gasteiger partial charge in [0.15, 0.2) is 5.96 Å². The van der Waals surface area contributed by atoms with Gasteiger partial charge in [0.05, 0.1) is 13.2 Å². The summed E-state index contributed by atoms with van der Waals surface area (Å²) in [6.07, 6.45) is 0. The lowest BCUT2D eigenvalue weighted by atomic mass is 10.1. The third-order valence-corrected chi connectivity index (χ3v) is 2.65. The molecule has 1 amide bonds. The predicted molar refractivity (Wildman–Crippen MR) is 79.7 cm³/mol. The van der Waals surface area contributed by atoms with E-state index in [4.69, 9.17) is 10.5 Å². The lowest BCUT2D eigenvalue weighted by Gasteiger charge is -2.10. The first-order valence-electron chi connectivity index (χ1n) is 6.38. The van der Waals surface area contributed by atoms with Gasteiger partial charge in [-0.2, -0.15) is 0 Å². The van der Waals surface area contributed by atoms with E-state index in [2.05, 4.69) is 10.3 Å². The summed E-state index contributed by atoms with van der Waals surface area (Å²) in [5.41, 5.74) is 7.36. The number of hydrogen-bond acceptors (Lipinski definition) is 3. The van der Waals surface area contributed by atoms with Crippen LogP contribution >= 0.6 is 0 Å². The van der Waals surface area contributed by atoms with Gasteiger partial charge in [-0.15, -0.1) is 0 Å². The van der Waals surface area contributed by atoms with Gasteiger partial charge in [0.25, 0.3) is 5.91 Å². The number of hydrogen-bond donors (Lipinski definition) is 2. The van der Waals surface area contributed by atoms with Crippen LogP contribution in [-0.2, 0) is 11.3 Å². The van der Waals surface area contributed by atoms with E-state index >= 15 is 0 Å². The Hall–Kier alpha value is -2.08. The van der Waals surface area contributed by atoms with Crippen LogP contribution in [0.25, 0.3) is 0 Å². The first kappa shape index (κ1) is 16.0. The molecule has 0 aromatic heterocycles. The summed E-state index contributed by atoms with van der Waals surface area (Å²) in [7, 11) is 5.09. The summed E-state index contributed by atoms with van der Waals surface area (Å²) < 4.78 is 4.90. The molecule has 0 saturated carbocycles. The third kappa shape index (κ3) is 5.27. The zero-order valence-corrected chi connectivity index (χ0v) is 12.2. The minimum Gasteiger partial charge on any atom is -0.383 e. The van der Waals surface area contributed by atoms with Gasteiger partial charge in [-0.25, -0.2) is 4.99 Å². The van der Waals surface area contributed by atoms with E-state index in [9.17, 15) is 4.79 Å². The Morgan fingerprint density at radius 1 is 1.35 bits per heavy atom. The van der Waals surface area contributed by atoms with Crippen LogP contribution in [0, 0.1) is 0 Å². The number of rotatable bonds is 6. The number of guanidine groups is 1. The van der Waals surface area contributed by atoms with E-state index in [1.807, 2.05) is 12.1 Å². The maximum Gasteiger partial charge on any atom is 0.253 e. The maximum atomic E-state index is 11.7. The van der Waals surface area contributed by atoms with Crippen molar-refractivity contribution in [1.29, 1.82) is 0 Å². The summed E-state index contributed by atoms with van der Waals surface area (Å²) in [5.74, 6) is 0.372. The molecule has 0 saturated heterocycles. The molecule has 0 unspecified atom stereocenters. The number of nitrogens with zero attached hydrogens (tertiary/aromatic N) is 2. The topological polar surface area (TPSA) is 80.0 Å². The molecule has 1 rings (SSSR count). The minimum atomic E-state index is -0.0132. The number of carbonyl (C=O) groups is 1. The van der Waals surface area contributed by atoms with Crippen LogP contribution in [0.1, 0.15) is 15.9 Å². The smallest absolute Gasteiger partial charge is 0.253 e. The third-order valence-electron chi connectivity index (χ3n) is 2.65. The lowest BCUT2D eigenvalue weighted by Crippen LogP contribution is -2.34. The second-order valence-corrected chi connectivity index (χ2v) is 4.52. The quantitative estimate of drug-likeness (QED) is 0.449. The Morgan fingerprint density at radius 3 is 2.55 bits per heavy atom. The van der Waals surface area contributed by atoms with Crippen LogP contribution in [0.3, 0.4) is 0 Å². The first-order chi connectivity index (χ1) is 9.54. The molecular weight excluding hydrogens is 256 g/mol. The van der Waals surface area contributed by atoms with E-state index in [0.29, 0.717) is 31.2 Å². The zero-order chi connectivity index (χ0) is 15.0. The first-order valence-corrected chi connectivity index (χ1v) is 6.38. The Morgan fingerprint density at radius 2 is 2.00 bits per heavy atom. The molecule has 6 nitrogen and oxygen atoms in total. The van der Waals surface area contributed by atoms with Gasteiger partial charge in [-0.1, -0.05) is 12.1 Å². The molecule has 0 atom stereocenters. The summed E-state index contributed by atoms with van der Waals surface area (Å²) in [5, 5.41) is 2.94. The van der Waals surface area contributed by atoms with Crippen molar-refractivity contribution in [1.82, 2.24) is 10.2 Å². The van der Waals surface area contributed by atoms with Crippen molar-refractivity contribution >= 4 is 11.9 Å². The van der Waals surface area contributed by atoms with Gasteiger partial charge in [-0.3, -0.25) is 4.79 Å². The predicted octanol–water partition coefficient (Wildman–Crippen LogP) is 0.439. The van der Waals surface area contributed by atoms with E-state index in [1.165, 1.54) is 0 Å². The van der Waals surface area contributed by atoms with Gasteiger partial charge < -0.3 is 20.7 Å². The second-order valence-electron chi connectivity index (χ2n) is 4.52. The number of benzene rings is 1. The summed E-state index contributed by atoms with van der Waals surface area (Å²) in [6, 6.07) is 7.34. The fourth-order valence-corrected chi connectivity index (χ4v) is 1.52. The zero-order valence-electron chi connectivity index (χ0n) is 12.2. The highest BCUT2D eigenvalue weighted by Crippen LogP contribution is 2.07. The van der Waals surface area contributed by atoms with Crippen LogP contribution in [0.15, 0.2) is 29.3 Å². The average Bonchev–Trinajstić information content (AvgIpc) is 2.45. The minimum absolute atomic E-state index is 0.0132. The normalized spacial score (nSPS) is 11.2. The van der Waals surface area contributed by atoms with Crippen molar-refractivity contribution in [2.45, 2.75) is 6.54 Å². The van der Waals surface area contributed by atoms with E-state index < -0.39 is 0 Å². The van der Waals surface area contributed by atoms with Gasteiger partial charge in [0.1, 0.15) is 0 Å². The Balaban J connectivity index is 2.53.